The zero-order chi connectivity index (χ0) is 26.9. The van der Waals surface area contributed by atoms with E-state index in [4.69, 9.17) is 0 Å². The van der Waals surface area contributed by atoms with Crippen LogP contribution in [0.3, 0.4) is 0 Å². The van der Waals surface area contributed by atoms with E-state index in [0.29, 0.717) is 24.0 Å². The molecule has 7 nitrogen and oxygen atoms in total. The second kappa shape index (κ2) is 9.75. The number of nitrogens with zero attached hydrogens (tertiary/aromatic N) is 3. The Morgan fingerprint density at radius 3 is 2.58 bits per heavy atom. The molecule has 38 heavy (non-hydrogen) atoms. The average molecular weight is 537 g/mol. The van der Waals surface area contributed by atoms with Crippen LogP contribution in [0.4, 0.5) is 18.9 Å². The van der Waals surface area contributed by atoms with Crippen molar-refractivity contribution < 1.29 is 26.4 Å². The van der Waals surface area contributed by atoms with Gasteiger partial charge in [0.15, 0.2) is 5.84 Å². The average Bonchev–Trinajstić information content (AvgIpc) is 3.04. The monoisotopic (exact) mass is 536 g/mol. The van der Waals surface area contributed by atoms with E-state index in [-0.39, 0.29) is 22.0 Å². The zero-order valence-corrected chi connectivity index (χ0v) is 20.4. The molecule has 0 spiro atoms. The predicted octanol–water partition coefficient (Wildman–Crippen LogP) is 5.39. The largest absolute Gasteiger partial charge is 0.416 e. The molecule has 2 aliphatic rings. The van der Waals surface area contributed by atoms with Crippen LogP contribution in [0.15, 0.2) is 112 Å². The van der Waals surface area contributed by atoms with E-state index in [0.717, 1.165) is 23.8 Å². The number of hydrogen-bond donors (Lipinski definition) is 1. The number of sulfonamides is 1. The smallest absolute Gasteiger partial charge is 0.329 e. The Hall–Kier alpha value is -4.51. The summed E-state index contributed by atoms with van der Waals surface area (Å²) in [6, 6.07) is 16.3. The van der Waals surface area contributed by atoms with Gasteiger partial charge in [-0.05, 0) is 54.1 Å². The molecule has 0 bridgehead atoms. The molecule has 192 valence electrons. The van der Waals surface area contributed by atoms with Crippen molar-refractivity contribution in [2.75, 3.05) is 4.72 Å². The van der Waals surface area contributed by atoms with Crippen LogP contribution in [0.2, 0.25) is 0 Å². The van der Waals surface area contributed by atoms with Crippen molar-refractivity contribution in [1.29, 1.82) is 0 Å². The van der Waals surface area contributed by atoms with Crippen molar-refractivity contribution in [3.63, 3.8) is 0 Å². The number of aliphatic imine (C=N–C) groups is 2. The lowest BCUT2D eigenvalue weighted by atomic mass is 10.1. The first-order valence-electron chi connectivity index (χ1n) is 11.3. The lowest BCUT2D eigenvalue weighted by Crippen LogP contribution is -2.24. The molecular weight excluding hydrogens is 517 g/mol. The second-order valence-corrected chi connectivity index (χ2v) is 10.1. The summed E-state index contributed by atoms with van der Waals surface area (Å²) in [4.78, 5) is 23.5. The summed E-state index contributed by atoms with van der Waals surface area (Å²) >= 11 is 0. The number of amides is 1. The number of anilines is 1. The minimum absolute atomic E-state index is 0.0257. The molecular formula is C27H19F3N4O3S. The van der Waals surface area contributed by atoms with Crippen LogP contribution < -0.4 is 4.72 Å². The van der Waals surface area contributed by atoms with Crippen molar-refractivity contribution in [2.45, 2.75) is 17.6 Å². The number of amidine groups is 2. The van der Waals surface area contributed by atoms with Crippen LogP contribution >= 0.6 is 0 Å². The summed E-state index contributed by atoms with van der Waals surface area (Å²) < 4.78 is 67.0. The molecule has 3 aromatic carbocycles. The number of rotatable bonds is 4. The van der Waals surface area contributed by atoms with Gasteiger partial charge in [0.1, 0.15) is 5.84 Å². The SMILES string of the molecule is O=C(N=C1N=C2C=CC=CN2Cc2ccccc21)c1cccc(S(=O)(=O)Nc2cccc(C(F)(F)F)c2)c1. The maximum Gasteiger partial charge on any atom is 0.416 e. The zero-order valence-electron chi connectivity index (χ0n) is 19.6. The second-order valence-electron chi connectivity index (χ2n) is 8.41. The van der Waals surface area contributed by atoms with Gasteiger partial charge in [0.05, 0.1) is 10.5 Å². The third kappa shape index (κ3) is 5.28. The number of carbonyl (C=O) groups excluding carboxylic acids is 1. The van der Waals surface area contributed by atoms with E-state index in [1.807, 2.05) is 41.5 Å². The summed E-state index contributed by atoms with van der Waals surface area (Å²) in [6.07, 6.45) is 2.71. The molecule has 0 saturated carbocycles. The van der Waals surface area contributed by atoms with E-state index in [1.165, 1.54) is 24.3 Å². The lowest BCUT2D eigenvalue weighted by Gasteiger charge is -2.20. The predicted molar refractivity (Wildman–Crippen MR) is 137 cm³/mol. The molecule has 2 heterocycles. The Labute approximate surface area is 216 Å². The van der Waals surface area contributed by atoms with Crippen molar-refractivity contribution >= 4 is 33.3 Å². The molecule has 0 aromatic heterocycles. The van der Waals surface area contributed by atoms with Gasteiger partial charge < -0.3 is 4.90 Å². The number of benzene rings is 3. The first-order valence-corrected chi connectivity index (χ1v) is 12.8. The van der Waals surface area contributed by atoms with Gasteiger partial charge in [-0.1, -0.05) is 42.5 Å². The first kappa shape index (κ1) is 25.2. The highest BCUT2D eigenvalue weighted by molar-refractivity contribution is 7.92. The molecule has 0 saturated heterocycles. The molecule has 1 N–H and O–H groups in total. The van der Waals surface area contributed by atoms with Crippen LogP contribution in [0, 0.1) is 0 Å². The number of allylic oxidation sites excluding steroid dienone is 2. The normalized spacial score (nSPS) is 15.9. The first-order chi connectivity index (χ1) is 18.1. The van der Waals surface area contributed by atoms with Crippen LogP contribution in [-0.2, 0) is 22.7 Å². The molecule has 3 aromatic rings. The Kier molecular flexibility index (Phi) is 6.45. The Morgan fingerprint density at radius 1 is 0.974 bits per heavy atom. The molecule has 0 atom stereocenters. The molecule has 0 unspecified atom stereocenters. The quantitative estimate of drug-likeness (QED) is 0.484. The van der Waals surface area contributed by atoms with Crippen molar-refractivity contribution in [3.05, 3.63) is 119 Å². The fourth-order valence-electron chi connectivity index (χ4n) is 3.95. The summed E-state index contributed by atoms with van der Waals surface area (Å²) in [5.74, 6) is 0.0503. The summed E-state index contributed by atoms with van der Waals surface area (Å²) in [5.41, 5.74) is 0.285. The van der Waals surface area contributed by atoms with E-state index in [2.05, 4.69) is 14.7 Å². The van der Waals surface area contributed by atoms with Crippen molar-refractivity contribution in [1.82, 2.24) is 4.90 Å². The Balaban J connectivity index is 1.46. The number of fused-ring (bicyclic) bond motifs is 2. The van der Waals surface area contributed by atoms with Gasteiger partial charge in [-0.15, -0.1) is 0 Å². The minimum atomic E-state index is -4.63. The third-order valence-electron chi connectivity index (χ3n) is 5.78. The van der Waals surface area contributed by atoms with Gasteiger partial charge in [0.25, 0.3) is 15.9 Å². The molecule has 0 aliphatic carbocycles. The molecule has 0 fully saturated rings. The van der Waals surface area contributed by atoms with Gasteiger partial charge in [-0.3, -0.25) is 9.52 Å². The Morgan fingerprint density at radius 2 is 1.76 bits per heavy atom. The summed E-state index contributed by atoms with van der Waals surface area (Å²) in [5, 5.41) is 0. The van der Waals surface area contributed by atoms with Gasteiger partial charge in [0.2, 0.25) is 0 Å². The maximum atomic E-state index is 13.1. The molecule has 1 amide bonds. The fraction of sp³-hybridized carbons (Fsp3) is 0.0741. The van der Waals surface area contributed by atoms with E-state index in [9.17, 15) is 26.4 Å². The molecule has 5 rings (SSSR count). The number of carbonyl (C=O) groups is 1. The highest BCUT2D eigenvalue weighted by Gasteiger charge is 2.31. The topological polar surface area (TPSA) is 91.2 Å². The van der Waals surface area contributed by atoms with Crippen LogP contribution in [0.1, 0.15) is 27.0 Å². The number of hydrogen-bond acceptors (Lipinski definition) is 4. The number of alkyl halides is 3. The molecule has 11 heteroatoms. The highest BCUT2D eigenvalue weighted by Crippen LogP contribution is 2.31. The molecule has 0 radical (unpaired) electrons. The van der Waals surface area contributed by atoms with Crippen LogP contribution in [0.5, 0.6) is 0 Å². The summed E-state index contributed by atoms with van der Waals surface area (Å²) in [6.45, 7) is 0.526. The number of nitrogens with one attached hydrogen (secondary N) is 1. The van der Waals surface area contributed by atoms with Crippen LogP contribution in [-0.4, -0.2) is 30.9 Å². The van der Waals surface area contributed by atoms with Gasteiger partial charge in [-0.2, -0.15) is 18.2 Å². The standard InChI is InChI=1S/C27H19F3N4O3S/c28-27(29,30)20-9-6-10-21(16-20)33-38(36,37)22-11-5-8-18(15-22)26(35)32-25-23-12-2-1-7-19(23)17-34-14-4-3-13-24(34)31-25/h1-16,33H,17H2. The minimum Gasteiger partial charge on any atom is -0.329 e. The van der Waals surface area contributed by atoms with Crippen molar-refractivity contribution in [3.8, 4) is 0 Å². The fourth-order valence-corrected chi connectivity index (χ4v) is 5.04. The number of halogens is 3. The van der Waals surface area contributed by atoms with Gasteiger partial charge in [0, 0.05) is 29.6 Å². The summed E-state index contributed by atoms with van der Waals surface area (Å²) in [7, 11) is -4.30. The van der Waals surface area contributed by atoms with Crippen LogP contribution in [0.25, 0.3) is 0 Å². The van der Waals surface area contributed by atoms with E-state index in [1.54, 1.807) is 12.1 Å². The van der Waals surface area contributed by atoms with Gasteiger partial charge in [-0.25, -0.2) is 13.4 Å². The molecule has 2 aliphatic heterocycles. The van der Waals surface area contributed by atoms with Crippen molar-refractivity contribution in [2.24, 2.45) is 9.98 Å². The maximum absolute atomic E-state index is 13.1. The lowest BCUT2D eigenvalue weighted by molar-refractivity contribution is -0.137. The van der Waals surface area contributed by atoms with E-state index < -0.39 is 27.7 Å². The highest BCUT2D eigenvalue weighted by atomic mass is 32.2. The van der Waals surface area contributed by atoms with E-state index >= 15 is 0 Å². The Bertz CT molecular complexity index is 1660. The third-order valence-corrected chi connectivity index (χ3v) is 7.16. The van der Waals surface area contributed by atoms with Gasteiger partial charge >= 0.3 is 6.18 Å².